The zero-order chi connectivity index (χ0) is 16.4. The number of thioether (sulfide) groups is 1. The highest BCUT2D eigenvalue weighted by Gasteiger charge is 2.31. The third kappa shape index (κ3) is 3.25. The summed E-state index contributed by atoms with van der Waals surface area (Å²) in [4.78, 5) is 29.0. The summed E-state index contributed by atoms with van der Waals surface area (Å²) >= 11 is 6.33. The number of benzene rings is 1. The number of hydrogen-bond donors (Lipinski definition) is 0. The molecule has 3 rings (SSSR count). The van der Waals surface area contributed by atoms with Gasteiger partial charge in [0.25, 0.3) is 5.91 Å². The van der Waals surface area contributed by atoms with Crippen LogP contribution in [0.25, 0.3) is 17.0 Å². The molecule has 0 aliphatic carbocycles. The lowest BCUT2D eigenvalue weighted by atomic mass is 10.1. The zero-order valence-electron chi connectivity index (χ0n) is 11.9. The average molecular weight is 343 g/mol. The number of thiocarbonyl (C=S) groups is 1. The van der Waals surface area contributed by atoms with Crippen molar-refractivity contribution in [1.82, 2.24) is 9.88 Å². The Morgan fingerprint density at radius 3 is 2.91 bits per heavy atom. The molecule has 1 saturated heterocycles. The Hall–Kier alpha value is -2.25. The molecule has 0 spiro atoms. The highest BCUT2D eigenvalue weighted by Crippen LogP contribution is 2.33. The second-order valence-electron chi connectivity index (χ2n) is 4.87. The normalized spacial score (nSPS) is 16.5. The number of pyridine rings is 1. The minimum atomic E-state index is -1.21. The van der Waals surface area contributed by atoms with Gasteiger partial charge in [0.2, 0.25) is 0 Å². The summed E-state index contributed by atoms with van der Waals surface area (Å²) in [7, 11) is 0. The van der Waals surface area contributed by atoms with Gasteiger partial charge >= 0.3 is 0 Å². The van der Waals surface area contributed by atoms with Crippen molar-refractivity contribution < 1.29 is 14.7 Å². The van der Waals surface area contributed by atoms with Gasteiger partial charge in [0.1, 0.15) is 4.32 Å². The summed E-state index contributed by atoms with van der Waals surface area (Å²) in [6.45, 7) is 0.0292. The van der Waals surface area contributed by atoms with E-state index in [2.05, 4.69) is 4.98 Å². The molecule has 116 valence electrons. The van der Waals surface area contributed by atoms with Crippen LogP contribution < -0.4 is 5.11 Å². The van der Waals surface area contributed by atoms with Crippen molar-refractivity contribution in [2.45, 2.75) is 6.42 Å². The van der Waals surface area contributed by atoms with E-state index in [4.69, 9.17) is 12.2 Å². The molecule has 5 nitrogen and oxygen atoms in total. The molecule has 1 fully saturated rings. The van der Waals surface area contributed by atoms with Gasteiger partial charge < -0.3 is 9.90 Å². The number of para-hydroxylation sites is 1. The monoisotopic (exact) mass is 343 g/mol. The standard InChI is InChI=1S/C16H12N2O3S2/c19-14(20)6-8-18-15(21)13(23-16(18)22)9-10-5-7-17-12-4-2-1-3-11(10)12/h1-5,7,9H,6,8H2,(H,19,20)/p-1/b13-9-. The molecule has 1 amide bonds. The predicted octanol–water partition coefficient (Wildman–Crippen LogP) is 1.58. The number of aliphatic carboxylic acids is 1. The summed E-state index contributed by atoms with van der Waals surface area (Å²) in [6.07, 6.45) is 3.21. The van der Waals surface area contributed by atoms with Gasteiger partial charge in [0.15, 0.2) is 0 Å². The van der Waals surface area contributed by atoms with Gasteiger partial charge in [-0.25, -0.2) is 0 Å². The van der Waals surface area contributed by atoms with Crippen LogP contribution in [0.1, 0.15) is 12.0 Å². The topological polar surface area (TPSA) is 73.3 Å². The fourth-order valence-corrected chi connectivity index (χ4v) is 3.58. The van der Waals surface area contributed by atoms with E-state index in [1.54, 1.807) is 12.3 Å². The van der Waals surface area contributed by atoms with E-state index in [1.807, 2.05) is 30.3 Å². The van der Waals surface area contributed by atoms with Gasteiger partial charge in [-0.2, -0.15) is 0 Å². The minimum Gasteiger partial charge on any atom is -0.550 e. The Balaban J connectivity index is 1.92. The van der Waals surface area contributed by atoms with Crippen molar-refractivity contribution >= 4 is 57.2 Å². The molecule has 1 aromatic carbocycles. The lowest BCUT2D eigenvalue weighted by Gasteiger charge is -2.14. The van der Waals surface area contributed by atoms with Crippen LogP contribution >= 0.6 is 24.0 Å². The molecule has 1 aromatic heterocycles. The number of rotatable bonds is 4. The van der Waals surface area contributed by atoms with Crippen LogP contribution in [-0.2, 0) is 9.59 Å². The number of nitrogens with zero attached hydrogens (tertiary/aromatic N) is 2. The van der Waals surface area contributed by atoms with Crippen molar-refractivity contribution in [3.8, 4) is 0 Å². The van der Waals surface area contributed by atoms with Crippen LogP contribution in [0, 0.1) is 0 Å². The molecule has 0 saturated carbocycles. The molecule has 0 radical (unpaired) electrons. The Labute approximate surface area is 142 Å². The van der Waals surface area contributed by atoms with E-state index in [9.17, 15) is 14.7 Å². The molecule has 7 heteroatoms. The van der Waals surface area contributed by atoms with Crippen LogP contribution in [0.2, 0.25) is 0 Å². The third-order valence-corrected chi connectivity index (χ3v) is 4.76. The highest BCUT2D eigenvalue weighted by atomic mass is 32.2. The van der Waals surface area contributed by atoms with Crippen molar-refractivity contribution in [2.75, 3.05) is 6.54 Å². The molecule has 0 bridgehead atoms. The van der Waals surface area contributed by atoms with E-state index in [1.165, 1.54) is 16.7 Å². The first-order valence-corrected chi connectivity index (χ1v) is 8.07. The molecule has 0 N–H and O–H groups in total. The Bertz CT molecular complexity index is 843. The molecule has 0 unspecified atom stereocenters. The summed E-state index contributed by atoms with van der Waals surface area (Å²) in [5.74, 6) is -1.48. The number of fused-ring (bicyclic) bond motifs is 1. The number of carbonyl (C=O) groups is 2. The van der Waals surface area contributed by atoms with Crippen LogP contribution in [-0.4, -0.2) is 32.6 Å². The molecule has 2 heterocycles. The molecule has 2 aromatic rings. The van der Waals surface area contributed by atoms with Crippen molar-refractivity contribution in [3.63, 3.8) is 0 Å². The summed E-state index contributed by atoms with van der Waals surface area (Å²) < 4.78 is 0.362. The Morgan fingerprint density at radius 1 is 1.35 bits per heavy atom. The summed E-state index contributed by atoms with van der Waals surface area (Å²) in [6, 6.07) is 9.48. The number of carboxylic acids is 1. The maximum Gasteiger partial charge on any atom is 0.266 e. The number of carbonyl (C=O) groups excluding carboxylic acids is 2. The summed E-state index contributed by atoms with van der Waals surface area (Å²) in [5, 5.41) is 11.5. The molecular weight excluding hydrogens is 332 g/mol. The van der Waals surface area contributed by atoms with E-state index in [0.717, 1.165) is 16.5 Å². The molecule has 1 aliphatic rings. The predicted molar refractivity (Wildman–Crippen MR) is 91.2 cm³/mol. The molecule has 23 heavy (non-hydrogen) atoms. The minimum absolute atomic E-state index is 0.0292. The SMILES string of the molecule is O=C([O-])CCN1C(=O)/C(=C/c2ccnc3ccccc23)SC1=S. The van der Waals surface area contributed by atoms with E-state index in [-0.39, 0.29) is 18.9 Å². The van der Waals surface area contributed by atoms with Crippen LogP contribution in [0.5, 0.6) is 0 Å². The largest absolute Gasteiger partial charge is 0.550 e. The van der Waals surface area contributed by atoms with Gasteiger partial charge in [0.05, 0.1) is 10.4 Å². The maximum absolute atomic E-state index is 12.4. The van der Waals surface area contributed by atoms with Crippen LogP contribution in [0.4, 0.5) is 0 Å². The lowest BCUT2D eigenvalue weighted by Crippen LogP contribution is -2.33. The van der Waals surface area contributed by atoms with Gasteiger partial charge in [-0.15, -0.1) is 0 Å². The fourth-order valence-electron chi connectivity index (χ4n) is 2.28. The maximum atomic E-state index is 12.4. The molecule has 0 atom stereocenters. The number of carboxylic acid groups (broad SMARTS) is 1. The number of hydrogen-bond acceptors (Lipinski definition) is 6. The molecular formula is C16H11N2O3S2-. The van der Waals surface area contributed by atoms with E-state index < -0.39 is 5.97 Å². The van der Waals surface area contributed by atoms with Crippen molar-refractivity contribution in [1.29, 1.82) is 0 Å². The number of aromatic nitrogens is 1. The first-order chi connectivity index (χ1) is 11.1. The first kappa shape index (κ1) is 15.6. The second kappa shape index (κ2) is 6.47. The fraction of sp³-hybridized carbons (Fsp3) is 0.125. The average Bonchev–Trinajstić information content (AvgIpc) is 2.79. The van der Waals surface area contributed by atoms with Gasteiger partial charge in [-0.3, -0.25) is 14.7 Å². The van der Waals surface area contributed by atoms with Crippen molar-refractivity contribution in [2.24, 2.45) is 0 Å². The first-order valence-electron chi connectivity index (χ1n) is 6.85. The quantitative estimate of drug-likeness (QED) is 0.620. The Kier molecular flexibility index (Phi) is 4.40. The van der Waals surface area contributed by atoms with E-state index in [0.29, 0.717) is 9.23 Å². The second-order valence-corrected chi connectivity index (χ2v) is 6.55. The van der Waals surface area contributed by atoms with Crippen LogP contribution in [0.3, 0.4) is 0 Å². The summed E-state index contributed by atoms with van der Waals surface area (Å²) in [5.41, 5.74) is 1.71. The molecule has 1 aliphatic heterocycles. The van der Waals surface area contributed by atoms with Gasteiger partial charge in [-0.1, -0.05) is 42.2 Å². The van der Waals surface area contributed by atoms with Crippen LogP contribution in [0.15, 0.2) is 41.4 Å². The van der Waals surface area contributed by atoms with Gasteiger partial charge in [-0.05, 0) is 23.8 Å². The number of amides is 1. The highest BCUT2D eigenvalue weighted by molar-refractivity contribution is 8.26. The van der Waals surface area contributed by atoms with E-state index >= 15 is 0 Å². The smallest absolute Gasteiger partial charge is 0.266 e. The van der Waals surface area contributed by atoms with Crippen molar-refractivity contribution in [3.05, 3.63) is 47.0 Å². The third-order valence-electron chi connectivity index (χ3n) is 3.38. The lowest BCUT2D eigenvalue weighted by molar-refractivity contribution is -0.305. The zero-order valence-corrected chi connectivity index (χ0v) is 13.5. The van der Waals surface area contributed by atoms with Gasteiger partial charge in [0, 0.05) is 30.5 Å². The Morgan fingerprint density at radius 2 is 2.13 bits per heavy atom.